The van der Waals surface area contributed by atoms with Crippen molar-refractivity contribution in [2.75, 3.05) is 5.32 Å². The molecule has 0 aliphatic rings. The van der Waals surface area contributed by atoms with Crippen LogP contribution in [0.25, 0.3) is 0 Å². The minimum atomic E-state index is -0.269. The van der Waals surface area contributed by atoms with E-state index in [1.165, 1.54) is 11.1 Å². The van der Waals surface area contributed by atoms with E-state index >= 15 is 0 Å². The smallest absolute Gasteiger partial charge is 0.270 e. The quantitative estimate of drug-likeness (QED) is 0.901. The number of pyridine rings is 1. The Kier molecular flexibility index (Phi) is 4.50. The molecule has 0 saturated heterocycles. The second-order valence-electron chi connectivity index (χ2n) is 6.51. The monoisotopic (exact) mass is 297 g/mol. The normalized spacial score (nSPS) is 11.1. The van der Waals surface area contributed by atoms with Gasteiger partial charge in [0.2, 0.25) is 0 Å². The molecule has 0 aliphatic carbocycles. The predicted molar refractivity (Wildman–Crippen MR) is 90.7 cm³/mol. The molecule has 0 unspecified atom stereocenters. The first-order valence-electron chi connectivity index (χ1n) is 7.38. The Bertz CT molecular complexity index is 670. The topological polar surface area (TPSA) is 54.0 Å². The number of carbonyl (C=O) groups is 1. The van der Waals surface area contributed by atoms with Gasteiger partial charge in [-0.15, -0.1) is 0 Å². The number of amides is 1. The third-order valence-corrected chi connectivity index (χ3v) is 3.37. The van der Waals surface area contributed by atoms with E-state index in [4.69, 9.17) is 0 Å². The van der Waals surface area contributed by atoms with Crippen LogP contribution in [-0.2, 0) is 0 Å². The summed E-state index contributed by atoms with van der Waals surface area (Å²) in [6, 6.07) is 9.73. The van der Waals surface area contributed by atoms with E-state index in [1.54, 1.807) is 12.3 Å². The number of benzene rings is 1. The molecule has 0 aliphatic heterocycles. The second kappa shape index (κ2) is 6.18. The van der Waals surface area contributed by atoms with Crippen molar-refractivity contribution in [1.29, 1.82) is 0 Å². The number of aryl methyl sites for hydroxylation is 1. The Labute approximate surface area is 132 Å². The van der Waals surface area contributed by atoms with Gasteiger partial charge in [-0.3, -0.25) is 4.79 Å². The number of anilines is 2. The molecule has 1 heterocycles. The Morgan fingerprint density at radius 1 is 1.09 bits per heavy atom. The zero-order valence-corrected chi connectivity index (χ0v) is 13.8. The van der Waals surface area contributed by atoms with Crippen molar-refractivity contribution in [3.05, 3.63) is 53.3 Å². The van der Waals surface area contributed by atoms with Gasteiger partial charge in [-0.25, -0.2) is 4.98 Å². The van der Waals surface area contributed by atoms with Crippen molar-refractivity contribution in [3.8, 4) is 0 Å². The van der Waals surface area contributed by atoms with Crippen LogP contribution in [0, 0.1) is 13.8 Å². The molecule has 4 nitrogen and oxygen atoms in total. The van der Waals surface area contributed by atoms with Crippen LogP contribution in [0.2, 0.25) is 0 Å². The molecule has 1 aromatic carbocycles. The van der Waals surface area contributed by atoms with Crippen molar-refractivity contribution >= 4 is 17.3 Å². The maximum atomic E-state index is 12.0. The highest BCUT2D eigenvalue weighted by Gasteiger charge is 2.16. The largest absolute Gasteiger partial charge is 0.354 e. The van der Waals surface area contributed by atoms with Gasteiger partial charge >= 0.3 is 0 Å². The molecule has 4 heteroatoms. The van der Waals surface area contributed by atoms with Gasteiger partial charge < -0.3 is 10.6 Å². The van der Waals surface area contributed by atoms with Gasteiger partial charge in [0.1, 0.15) is 5.69 Å². The van der Waals surface area contributed by atoms with Crippen LogP contribution in [0.5, 0.6) is 0 Å². The minimum Gasteiger partial charge on any atom is -0.354 e. The standard InChI is InChI=1S/C18H23N3O/c1-12-7-6-8-15(13(12)2)20-14-9-10-16(19-11-14)17(22)21-18(3,4)5/h6-11,20H,1-5H3,(H,21,22). The van der Waals surface area contributed by atoms with Crippen LogP contribution in [0.1, 0.15) is 42.4 Å². The summed E-state index contributed by atoms with van der Waals surface area (Å²) in [5.74, 6) is -0.161. The van der Waals surface area contributed by atoms with Crippen LogP contribution >= 0.6 is 0 Å². The average molecular weight is 297 g/mol. The number of rotatable bonds is 3. The second-order valence-corrected chi connectivity index (χ2v) is 6.51. The van der Waals surface area contributed by atoms with Gasteiger partial charge in [-0.2, -0.15) is 0 Å². The number of nitrogens with zero attached hydrogens (tertiary/aromatic N) is 1. The van der Waals surface area contributed by atoms with Gasteiger partial charge in [0.15, 0.2) is 0 Å². The molecule has 0 fully saturated rings. The molecule has 116 valence electrons. The highest BCUT2D eigenvalue weighted by molar-refractivity contribution is 5.93. The summed E-state index contributed by atoms with van der Waals surface area (Å²) in [5, 5.41) is 6.23. The van der Waals surface area contributed by atoms with Crippen LogP contribution in [-0.4, -0.2) is 16.4 Å². The highest BCUT2D eigenvalue weighted by atomic mass is 16.2. The Hall–Kier alpha value is -2.36. The lowest BCUT2D eigenvalue weighted by molar-refractivity contribution is 0.0914. The fraction of sp³-hybridized carbons (Fsp3) is 0.333. The van der Waals surface area contributed by atoms with Crippen LogP contribution in [0.4, 0.5) is 11.4 Å². The molecule has 2 N–H and O–H groups in total. The molecule has 0 atom stereocenters. The minimum absolute atomic E-state index is 0.161. The van der Waals surface area contributed by atoms with Gasteiger partial charge in [0, 0.05) is 11.2 Å². The van der Waals surface area contributed by atoms with Gasteiger partial charge in [-0.05, 0) is 63.9 Å². The van der Waals surface area contributed by atoms with Gasteiger partial charge in [0.25, 0.3) is 5.91 Å². The van der Waals surface area contributed by atoms with Gasteiger partial charge in [-0.1, -0.05) is 12.1 Å². The molecule has 2 aromatic rings. The van der Waals surface area contributed by atoms with Crippen LogP contribution in [0.15, 0.2) is 36.5 Å². The predicted octanol–water partition coefficient (Wildman–Crippen LogP) is 3.97. The van der Waals surface area contributed by atoms with Crippen LogP contribution in [0.3, 0.4) is 0 Å². The number of nitrogens with one attached hydrogen (secondary N) is 2. The van der Waals surface area contributed by atoms with E-state index in [0.717, 1.165) is 11.4 Å². The van der Waals surface area contributed by atoms with E-state index in [1.807, 2.05) is 39.0 Å². The average Bonchev–Trinajstić information content (AvgIpc) is 2.43. The third-order valence-electron chi connectivity index (χ3n) is 3.37. The fourth-order valence-electron chi connectivity index (χ4n) is 2.05. The number of carbonyl (C=O) groups excluding carboxylic acids is 1. The molecule has 22 heavy (non-hydrogen) atoms. The summed E-state index contributed by atoms with van der Waals surface area (Å²) in [6.45, 7) is 10.00. The number of hydrogen-bond donors (Lipinski definition) is 2. The van der Waals surface area contributed by atoms with Gasteiger partial charge in [0.05, 0.1) is 11.9 Å². The van der Waals surface area contributed by atoms with E-state index in [2.05, 4.69) is 35.5 Å². The van der Waals surface area contributed by atoms with Crippen LogP contribution < -0.4 is 10.6 Å². The maximum absolute atomic E-state index is 12.0. The Morgan fingerprint density at radius 3 is 2.41 bits per heavy atom. The lowest BCUT2D eigenvalue weighted by Gasteiger charge is -2.20. The molecule has 0 spiro atoms. The highest BCUT2D eigenvalue weighted by Crippen LogP contribution is 2.22. The fourth-order valence-corrected chi connectivity index (χ4v) is 2.05. The molecule has 0 saturated carbocycles. The lowest BCUT2D eigenvalue weighted by Crippen LogP contribution is -2.40. The van der Waals surface area contributed by atoms with E-state index in [-0.39, 0.29) is 11.4 Å². The van der Waals surface area contributed by atoms with Crippen molar-refractivity contribution in [1.82, 2.24) is 10.3 Å². The van der Waals surface area contributed by atoms with E-state index in [0.29, 0.717) is 5.69 Å². The summed E-state index contributed by atoms with van der Waals surface area (Å²) in [5.41, 5.74) is 4.50. The number of aromatic nitrogens is 1. The van der Waals surface area contributed by atoms with Crippen molar-refractivity contribution in [2.24, 2.45) is 0 Å². The molecular weight excluding hydrogens is 274 g/mol. The first-order chi connectivity index (χ1) is 10.3. The van der Waals surface area contributed by atoms with Crippen molar-refractivity contribution in [3.63, 3.8) is 0 Å². The first kappa shape index (κ1) is 16.0. The summed E-state index contributed by atoms with van der Waals surface area (Å²) in [6.07, 6.45) is 1.68. The zero-order valence-electron chi connectivity index (χ0n) is 13.8. The Morgan fingerprint density at radius 2 is 1.82 bits per heavy atom. The molecule has 0 bridgehead atoms. The first-order valence-corrected chi connectivity index (χ1v) is 7.38. The molecular formula is C18H23N3O. The summed E-state index contributed by atoms with van der Waals surface area (Å²) >= 11 is 0. The summed E-state index contributed by atoms with van der Waals surface area (Å²) < 4.78 is 0. The summed E-state index contributed by atoms with van der Waals surface area (Å²) in [7, 11) is 0. The SMILES string of the molecule is Cc1cccc(Nc2ccc(C(=O)NC(C)(C)C)nc2)c1C. The van der Waals surface area contributed by atoms with E-state index in [9.17, 15) is 4.79 Å². The van der Waals surface area contributed by atoms with Crippen molar-refractivity contribution < 1.29 is 4.79 Å². The maximum Gasteiger partial charge on any atom is 0.270 e. The molecule has 0 radical (unpaired) electrons. The molecule has 1 aromatic heterocycles. The zero-order chi connectivity index (χ0) is 16.3. The lowest BCUT2D eigenvalue weighted by atomic mass is 10.1. The molecule has 2 rings (SSSR count). The third kappa shape index (κ3) is 4.07. The number of hydrogen-bond acceptors (Lipinski definition) is 3. The van der Waals surface area contributed by atoms with E-state index < -0.39 is 0 Å². The Balaban J connectivity index is 2.12. The van der Waals surface area contributed by atoms with Crippen molar-refractivity contribution in [2.45, 2.75) is 40.2 Å². The molecule has 1 amide bonds. The summed E-state index contributed by atoms with van der Waals surface area (Å²) in [4.78, 5) is 16.3.